The maximum absolute atomic E-state index is 10.9. The fourth-order valence-electron chi connectivity index (χ4n) is 2.12. The summed E-state index contributed by atoms with van der Waals surface area (Å²) < 4.78 is 0. The van der Waals surface area contributed by atoms with Gasteiger partial charge in [-0.25, -0.2) is 0 Å². The van der Waals surface area contributed by atoms with Crippen LogP contribution in [0.3, 0.4) is 0 Å². The maximum Gasteiger partial charge on any atom is 0.289 e. The number of hydrogen-bond acceptors (Lipinski definition) is 3. The van der Waals surface area contributed by atoms with Crippen LogP contribution < -0.4 is 5.32 Å². The van der Waals surface area contributed by atoms with E-state index in [9.17, 15) is 10.1 Å². The summed E-state index contributed by atoms with van der Waals surface area (Å²) in [5, 5.41) is 14.3. The van der Waals surface area contributed by atoms with Gasteiger partial charge in [0.15, 0.2) is 0 Å². The van der Waals surface area contributed by atoms with Gasteiger partial charge in [0.1, 0.15) is 5.02 Å². The number of aryl methyl sites for hydroxylation is 1. The maximum atomic E-state index is 10.9. The molecule has 1 unspecified atom stereocenters. The molecule has 0 radical (unpaired) electrons. The van der Waals surface area contributed by atoms with E-state index in [-0.39, 0.29) is 16.8 Å². The second-order valence-electron chi connectivity index (χ2n) is 4.88. The van der Waals surface area contributed by atoms with Crippen LogP contribution in [0.25, 0.3) is 0 Å². The predicted molar refractivity (Wildman–Crippen MR) is 86.0 cm³/mol. The number of rotatable bonds is 5. The van der Waals surface area contributed by atoms with Crippen LogP contribution in [0.15, 0.2) is 42.5 Å². The van der Waals surface area contributed by atoms with Crippen molar-refractivity contribution in [2.45, 2.75) is 26.3 Å². The number of anilines is 1. The molecule has 1 atom stereocenters. The summed E-state index contributed by atoms with van der Waals surface area (Å²) in [5.41, 5.74) is 3.01. The summed E-state index contributed by atoms with van der Waals surface area (Å²) in [6.45, 7) is 4.13. The number of nitrogens with one attached hydrogen (secondary N) is 1. The number of benzene rings is 2. The molecule has 5 heteroatoms. The molecule has 2 aromatic carbocycles. The van der Waals surface area contributed by atoms with E-state index >= 15 is 0 Å². The third-order valence-electron chi connectivity index (χ3n) is 3.41. The number of halogens is 1. The number of nitro groups is 1. The highest BCUT2D eigenvalue weighted by atomic mass is 35.5. The van der Waals surface area contributed by atoms with Crippen molar-refractivity contribution in [3.63, 3.8) is 0 Å². The molecule has 0 bridgehead atoms. The van der Waals surface area contributed by atoms with Crippen molar-refractivity contribution in [2.75, 3.05) is 5.32 Å². The van der Waals surface area contributed by atoms with E-state index < -0.39 is 4.92 Å². The molecule has 2 aromatic rings. The highest BCUT2D eigenvalue weighted by Gasteiger charge is 2.14. The minimum absolute atomic E-state index is 0.0525. The van der Waals surface area contributed by atoms with Crippen LogP contribution >= 0.6 is 11.6 Å². The largest absolute Gasteiger partial charge is 0.378 e. The van der Waals surface area contributed by atoms with Gasteiger partial charge in [0.05, 0.1) is 4.92 Å². The van der Waals surface area contributed by atoms with Crippen molar-refractivity contribution in [2.24, 2.45) is 0 Å². The van der Waals surface area contributed by atoms with Crippen LogP contribution in [0.1, 0.15) is 31.0 Å². The summed E-state index contributed by atoms with van der Waals surface area (Å²) >= 11 is 5.81. The Morgan fingerprint density at radius 1 is 1.24 bits per heavy atom. The number of hydrogen-bond donors (Lipinski definition) is 1. The lowest BCUT2D eigenvalue weighted by molar-refractivity contribution is -0.384. The molecular weight excluding hydrogens is 288 g/mol. The van der Waals surface area contributed by atoms with E-state index in [1.54, 1.807) is 6.07 Å². The normalized spacial score (nSPS) is 12.0. The van der Waals surface area contributed by atoms with E-state index in [0.717, 1.165) is 12.0 Å². The van der Waals surface area contributed by atoms with Gasteiger partial charge in [-0.1, -0.05) is 42.8 Å². The lowest BCUT2D eigenvalue weighted by atomic mass is 10.0. The van der Waals surface area contributed by atoms with Crippen molar-refractivity contribution >= 4 is 23.0 Å². The first-order valence-electron chi connectivity index (χ1n) is 6.80. The van der Waals surface area contributed by atoms with E-state index in [2.05, 4.69) is 36.5 Å². The minimum Gasteiger partial charge on any atom is -0.378 e. The average Bonchev–Trinajstić information content (AvgIpc) is 2.49. The molecule has 0 aliphatic rings. The number of nitro benzene ring substituents is 1. The van der Waals surface area contributed by atoms with E-state index in [0.29, 0.717) is 5.69 Å². The molecule has 0 spiro atoms. The Kier molecular flexibility index (Phi) is 4.81. The van der Waals surface area contributed by atoms with E-state index in [4.69, 9.17) is 11.6 Å². The van der Waals surface area contributed by atoms with Gasteiger partial charge in [-0.2, -0.15) is 0 Å². The summed E-state index contributed by atoms with van der Waals surface area (Å²) in [6.07, 6.45) is 1.01. The molecule has 1 N–H and O–H groups in total. The van der Waals surface area contributed by atoms with Crippen LogP contribution in [0, 0.1) is 10.1 Å². The molecule has 2 rings (SSSR count). The Morgan fingerprint density at radius 3 is 2.48 bits per heavy atom. The van der Waals surface area contributed by atoms with Crippen molar-refractivity contribution < 1.29 is 4.92 Å². The zero-order valence-electron chi connectivity index (χ0n) is 12.0. The zero-order valence-corrected chi connectivity index (χ0v) is 12.7. The molecule has 4 nitrogen and oxygen atoms in total. The molecule has 0 heterocycles. The third-order valence-corrected chi connectivity index (χ3v) is 3.73. The lowest BCUT2D eigenvalue weighted by Gasteiger charge is -2.16. The van der Waals surface area contributed by atoms with Gasteiger partial charge in [0, 0.05) is 17.8 Å². The fourth-order valence-corrected chi connectivity index (χ4v) is 2.30. The van der Waals surface area contributed by atoms with Gasteiger partial charge in [0.25, 0.3) is 5.69 Å². The summed E-state index contributed by atoms with van der Waals surface area (Å²) in [7, 11) is 0. The van der Waals surface area contributed by atoms with Gasteiger partial charge in [-0.15, -0.1) is 0 Å². The molecule has 0 aliphatic heterocycles. The molecular formula is C16H17ClN2O2. The molecule has 21 heavy (non-hydrogen) atoms. The predicted octanol–water partition coefficient (Wildman–Crippen LogP) is 4.98. The first kappa shape index (κ1) is 15.3. The SMILES string of the molecule is CCc1ccc(C(C)Nc2ccc(Cl)c([N+](=O)[O-])c2)cc1. The monoisotopic (exact) mass is 304 g/mol. The second-order valence-corrected chi connectivity index (χ2v) is 5.29. The summed E-state index contributed by atoms with van der Waals surface area (Å²) in [4.78, 5) is 10.4. The van der Waals surface area contributed by atoms with Crippen LogP contribution in [0.2, 0.25) is 5.02 Å². The summed E-state index contributed by atoms with van der Waals surface area (Å²) in [5.74, 6) is 0. The van der Waals surface area contributed by atoms with Gasteiger partial charge < -0.3 is 5.32 Å². The van der Waals surface area contributed by atoms with Crippen LogP contribution in [-0.2, 0) is 6.42 Å². The Bertz CT molecular complexity index is 641. The fraction of sp³-hybridized carbons (Fsp3) is 0.250. The molecule has 0 amide bonds. The van der Waals surface area contributed by atoms with E-state index in [1.807, 2.05) is 6.92 Å². The van der Waals surface area contributed by atoms with Gasteiger partial charge in [0.2, 0.25) is 0 Å². The molecule has 0 aliphatic carbocycles. The van der Waals surface area contributed by atoms with Crippen LogP contribution in [0.4, 0.5) is 11.4 Å². The zero-order chi connectivity index (χ0) is 15.4. The van der Waals surface area contributed by atoms with Gasteiger partial charge in [-0.3, -0.25) is 10.1 Å². The Hall–Kier alpha value is -2.07. The lowest BCUT2D eigenvalue weighted by Crippen LogP contribution is -2.07. The van der Waals surface area contributed by atoms with Crippen molar-refractivity contribution in [3.8, 4) is 0 Å². The topological polar surface area (TPSA) is 55.2 Å². The molecule has 0 saturated carbocycles. The van der Waals surface area contributed by atoms with Gasteiger partial charge >= 0.3 is 0 Å². The molecule has 0 fully saturated rings. The molecule has 110 valence electrons. The molecule has 0 saturated heterocycles. The first-order valence-corrected chi connectivity index (χ1v) is 7.18. The van der Waals surface area contributed by atoms with Crippen LogP contribution in [0.5, 0.6) is 0 Å². The highest BCUT2D eigenvalue weighted by Crippen LogP contribution is 2.29. The first-order chi connectivity index (χ1) is 10.0. The van der Waals surface area contributed by atoms with Crippen molar-refractivity contribution in [1.82, 2.24) is 0 Å². The smallest absolute Gasteiger partial charge is 0.289 e. The Labute approximate surface area is 128 Å². The van der Waals surface area contributed by atoms with Gasteiger partial charge in [-0.05, 0) is 36.6 Å². The second kappa shape index (κ2) is 6.59. The van der Waals surface area contributed by atoms with E-state index in [1.165, 1.54) is 17.7 Å². The summed E-state index contributed by atoms with van der Waals surface area (Å²) in [6, 6.07) is 13.1. The molecule has 0 aromatic heterocycles. The third kappa shape index (κ3) is 3.73. The Balaban J connectivity index is 2.16. The quantitative estimate of drug-likeness (QED) is 0.626. The minimum atomic E-state index is -0.478. The average molecular weight is 305 g/mol. The Morgan fingerprint density at radius 2 is 1.90 bits per heavy atom. The van der Waals surface area contributed by atoms with Crippen molar-refractivity contribution in [3.05, 3.63) is 68.7 Å². The standard InChI is InChI=1S/C16H17ClN2O2/c1-3-12-4-6-13(7-5-12)11(2)18-14-8-9-15(17)16(10-14)19(20)21/h4-11,18H,3H2,1-2H3. The van der Waals surface area contributed by atoms with Crippen molar-refractivity contribution in [1.29, 1.82) is 0 Å². The highest BCUT2D eigenvalue weighted by molar-refractivity contribution is 6.32. The number of nitrogens with zero attached hydrogens (tertiary/aromatic N) is 1. The van der Waals surface area contributed by atoms with Crippen LogP contribution in [-0.4, -0.2) is 4.92 Å².